The molecular formula is C9H11N3O3. The van der Waals surface area contributed by atoms with Gasteiger partial charge in [-0.2, -0.15) is 10.3 Å². The maximum Gasteiger partial charge on any atom is 0.358 e. The Morgan fingerprint density at radius 2 is 2.33 bits per heavy atom. The third kappa shape index (κ3) is 1.25. The van der Waals surface area contributed by atoms with Gasteiger partial charge >= 0.3 is 5.97 Å². The minimum Gasteiger partial charge on any atom is -0.476 e. The van der Waals surface area contributed by atoms with Crippen molar-refractivity contribution >= 4 is 5.97 Å². The van der Waals surface area contributed by atoms with Crippen LogP contribution in [-0.4, -0.2) is 38.7 Å². The number of hydrogen-bond donors (Lipinski definition) is 2. The molecule has 2 saturated heterocycles. The first-order valence-electron chi connectivity index (χ1n) is 5.05. The standard InChI is InChI=1S/C9H11N3O3/c13-9(14)8-7(10-12-11-8)5-3-4-1-2-6(5)15-4/h4-6H,1-3H2,(H,13,14)(H,10,11,12). The number of rotatable bonds is 2. The van der Waals surface area contributed by atoms with E-state index in [0.29, 0.717) is 11.8 Å². The molecule has 2 N–H and O–H groups in total. The highest BCUT2D eigenvalue weighted by Gasteiger charge is 2.44. The normalized spacial score (nSPS) is 33.5. The zero-order valence-electron chi connectivity index (χ0n) is 8.01. The van der Waals surface area contributed by atoms with Crippen molar-refractivity contribution in [1.29, 1.82) is 0 Å². The first-order chi connectivity index (χ1) is 7.25. The van der Waals surface area contributed by atoms with Crippen molar-refractivity contribution in [3.05, 3.63) is 11.4 Å². The van der Waals surface area contributed by atoms with Gasteiger partial charge in [0, 0.05) is 5.92 Å². The summed E-state index contributed by atoms with van der Waals surface area (Å²) in [7, 11) is 0. The highest BCUT2D eigenvalue weighted by Crippen LogP contribution is 2.44. The van der Waals surface area contributed by atoms with Crippen LogP contribution < -0.4 is 0 Å². The lowest BCUT2D eigenvalue weighted by Gasteiger charge is -2.15. The van der Waals surface area contributed by atoms with E-state index in [1.54, 1.807) is 0 Å². The van der Waals surface area contributed by atoms with Crippen molar-refractivity contribution in [2.45, 2.75) is 37.4 Å². The Morgan fingerprint density at radius 1 is 1.47 bits per heavy atom. The third-order valence-corrected chi connectivity index (χ3v) is 3.23. The quantitative estimate of drug-likeness (QED) is 0.742. The number of aromatic nitrogens is 3. The van der Waals surface area contributed by atoms with Crippen LogP contribution in [0.25, 0.3) is 0 Å². The van der Waals surface area contributed by atoms with Gasteiger partial charge in [-0.25, -0.2) is 4.79 Å². The van der Waals surface area contributed by atoms with Crippen LogP contribution in [0, 0.1) is 0 Å². The van der Waals surface area contributed by atoms with Gasteiger partial charge in [0.1, 0.15) is 5.69 Å². The first kappa shape index (κ1) is 8.84. The second kappa shape index (κ2) is 3.03. The van der Waals surface area contributed by atoms with Gasteiger partial charge in [0.2, 0.25) is 0 Å². The van der Waals surface area contributed by atoms with E-state index in [0.717, 1.165) is 19.3 Å². The molecule has 80 valence electrons. The lowest BCUT2D eigenvalue weighted by atomic mass is 9.86. The molecule has 0 amide bonds. The topological polar surface area (TPSA) is 88.1 Å². The minimum absolute atomic E-state index is 0.0381. The summed E-state index contributed by atoms with van der Waals surface area (Å²) in [6, 6.07) is 0. The highest BCUT2D eigenvalue weighted by molar-refractivity contribution is 5.86. The van der Waals surface area contributed by atoms with Crippen molar-refractivity contribution in [3.8, 4) is 0 Å². The van der Waals surface area contributed by atoms with E-state index < -0.39 is 5.97 Å². The van der Waals surface area contributed by atoms with E-state index in [9.17, 15) is 4.79 Å². The van der Waals surface area contributed by atoms with Crippen LogP contribution in [0.4, 0.5) is 0 Å². The molecule has 2 bridgehead atoms. The number of carboxylic acid groups (broad SMARTS) is 1. The Balaban J connectivity index is 1.93. The SMILES string of the molecule is O=C(O)c1n[nH]nc1C1CC2CCC1O2. The Hall–Kier alpha value is -1.43. The highest BCUT2D eigenvalue weighted by atomic mass is 16.5. The van der Waals surface area contributed by atoms with Crippen LogP contribution in [0.3, 0.4) is 0 Å². The number of hydrogen-bond acceptors (Lipinski definition) is 4. The summed E-state index contributed by atoms with van der Waals surface area (Å²) in [5.74, 6) is -0.921. The molecule has 0 aliphatic carbocycles. The van der Waals surface area contributed by atoms with Crippen LogP contribution in [0.2, 0.25) is 0 Å². The van der Waals surface area contributed by atoms with Gasteiger partial charge < -0.3 is 9.84 Å². The van der Waals surface area contributed by atoms with Crippen molar-refractivity contribution in [2.75, 3.05) is 0 Å². The lowest BCUT2D eigenvalue weighted by Crippen LogP contribution is -2.17. The largest absolute Gasteiger partial charge is 0.476 e. The molecule has 3 rings (SSSR count). The predicted molar refractivity (Wildman–Crippen MR) is 48.6 cm³/mol. The zero-order valence-corrected chi connectivity index (χ0v) is 8.01. The van der Waals surface area contributed by atoms with Crippen molar-refractivity contribution in [3.63, 3.8) is 0 Å². The molecule has 1 aromatic heterocycles. The average molecular weight is 209 g/mol. The maximum absolute atomic E-state index is 10.9. The molecule has 3 heterocycles. The van der Waals surface area contributed by atoms with E-state index in [4.69, 9.17) is 9.84 Å². The molecule has 6 heteroatoms. The fraction of sp³-hybridized carbons (Fsp3) is 0.667. The lowest BCUT2D eigenvalue weighted by molar-refractivity contribution is 0.0687. The first-order valence-corrected chi connectivity index (χ1v) is 5.05. The number of carbonyl (C=O) groups is 1. The molecule has 0 saturated carbocycles. The van der Waals surface area contributed by atoms with Crippen molar-refractivity contribution < 1.29 is 14.6 Å². The van der Waals surface area contributed by atoms with Crippen LogP contribution in [0.15, 0.2) is 0 Å². The summed E-state index contributed by atoms with van der Waals surface area (Å²) in [6.45, 7) is 0. The molecular weight excluding hydrogens is 198 g/mol. The predicted octanol–water partition coefficient (Wildman–Crippen LogP) is 0.538. The van der Waals surface area contributed by atoms with E-state index >= 15 is 0 Å². The molecule has 3 atom stereocenters. The molecule has 2 aliphatic rings. The maximum atomic E-state index is 10.9. The summed E-state index contributed by atoms with van der Waals surface area (Å²) in [5.41, 5.74) is 0.589. The molecule has 0 radical (unpaired) electrons. The van der Waals surface area contributed by atoms with Crippen molar-refractivity contribution in [1.82, 2.24) is 15.4 Å². The molecule has 0 aromatic carbocycles. The Labute approximate surface area is 85.6 Å². The number of carboxylic acids is 1. The third-order valence-electron chi connectivity index (χ3n) is 3.23. The number of aromatic carboxylic acids is 1. The number of nitrogens with one attached hydrogen (secondary N) is 1. The van der Waals surface area contributed by atoms with Gasteiger partial charge in [0.05, 0.1) is 12.2 Å². The second-order valence-corrected chi connectivity index (χ2v) is 4.08. The smallest absolute Gasteiger partial charge is 0.358 e. The second-order valence-electron chi connectivity index (χ2n) is 4.08. The average Bonchev–Trinajstić information content (AvgIpc) is 2.92. The number of ether oxygens (including phenoxy) is 1. The van der Waals surface area contributed by atoms with Crippen LogP contribution in [0.1, 0.15) is 41.4 Å². The van der Waals surface area contributed by atoms with E-state index in [1.807, 2.05) is 0 Å². The molecule has 3 unspecified atom stereocenters. The van der Waals surface area contributed by atoms with Gasteiger partial charge in [-0.1, -0.05) is 0 Å². The fourth-order valence-electron chi connectivity index (χ4n) is 2.58. The fourth-order valence-corrected chi connectivity index (χ4v) is 2.58. The van der Waals surface area contributed by atoms with Gasteiger partial charge in [-0.15, -0.1) is 5.10 Å². The monoisotopic (exact) mass is 209 g/mol. The number of H-pyrrole nitrogens is 1. The molecule has 2 fully saturated rings. The summed E-state index contributed by atoms with van der Waals surface area (Å²) >= 11 is 0. The molecule has 6 nitrogen and oxygen atoms in total. The van der Waals surface area contributed by atoms with Crippen LogP contribution in [0.5, 0.6) is 0 Å². The van der Waals surface area contributed by atoms with Gasteiger partial charge in [0.15, 0.2) is 5.69 Å². The number of aromatic amines is 1. The molecule has 15 heavy (non-hydrogen) atoms. The van der Waals surface area contributed by atoms with E-state index in [-0.39, 0.29) is 17.7 Å². The Kier molecular flexibility index (Phi) is 1.79. The Bertz CT molecular complexity index is 403. The van der Waals surface area contributed by atoms with Crippen LogP contribution >= 0.6 is 0 Å². The van der Waals surface area contributed by atoms with Crippen LogP contribution in [-0.2, 0) is 4.74 Å². The van der Waals surface area contributed by atoms with E-state index in [2.05, 4.69) is 15.4 Å². The molecule has 2 aliphatic heterocycles. The number of nitrogens with zero attached hydrogens (tertiary/aromatic N) is 2. The number of fused-ring (bicyclic) bond motifs is 2. The summed E-state index contributed by atoms with van der Waals surface area (Å²) < 4.78 is 5.67. The summed E-state index contributed by atoms with van der Waals surface area (Å²) in [5, 5.41) is 18.9. The van der Waals surface area contributed by atoms with E-state index in [1.165, 1.54) is 0 Å². The van der Waals surface area contributed by atoms with Gasteiger partial charge in [-0.05, 0) is 19.3 Å². The minimum atomic E-state index is -1.03. The molecule has 0 spiro atoms. The summed E-state index contributed by atoms with van der Waals surface area (Å²) in [6.07, 6.45) is 3.39. The van der Waals surface area contributed by atoms with Gasteiger partial charge in [-0.3, -0.25) is 0 Å². The van der Waals surface area contributed by atoms with Crippen molar-refractivity contribution in [2.24, 2.45) is 0 Å². The summed E-state index contributed by atoms with van der Waals surface area (Å²) in [4.78, 5) is 10.9. The van der Waals surface area contributed by atoms with Gasteiger partial charge in [0.25, 0.3) is 0 Å². The zero-order chi connectivity index (χ0) is 10.4. The molecule has 1 aromatic rings. The Morgan fingerprint density at radius 3 is 2.93 bits per heavy atom.